The topological polar surface area (TPSA) is 46.3 Å². The van der Waals surface area contributed by atoms with Gasteiger partial charge in [0.25, 0.3) is 0 Å². The molecular formula is C18H23N2O2S+. The fourth-order valence-electron chi connectivity index (χ4n) is 3.11. The quantitative estimate of drug-likeness (QED) is 0.798. The highest BCUT2D eigenvalue weighted by Gasteiger charge is 2.27. The summed E-state index contributed by atoms with van der Waals surface area (Å²) < 4.78 is 5.20. The van der Waals surface area contributed by atoms with E-state index in [1.54, 1.807) is 30.4 Å². The molecule has 122 valence electrons. The average Bonchev–Trinajstić information content (AvgIpc) is 3.27. The van der Waals surface area contributed by atoms with E-state index >= 15 is 0 Å². The summed E-state index contributed by atoms with van der Waals surface area (Å²) in [5.74, 6) is 0.958. The number of aromatic hydroxyl groups is 1. The molecule has 0 spiro atoms. The van der Waals surface area contributed by atoms with Crippen LogP contribution in [0.4, 0.5) is 0 Å². The number of methoxy groups -OCH3 is 1. The third-order valence-corrected chi connectivity index (χ3v) is 5.36. The molecule has 1 aromatic carbocycles. The van der Waals surface area contributed by atoms with E-state index in [9.17, 15) is 5.11 Å². The zero-order valence-corrected chi connectivity index (χ0v) is 14.2. The number of nitrogens with one attached hydrogen (secondary N) is 1. The molecule has 1 aliphatic heterocycles. The summed E-state index contributed by atoms with van der Waals surface area (Å²) in [7, 11) is 1.62. The predicted molar refractivity (Wildman–Crippen MR) is 94.1 cm³/mol. The van der Waals surface area contributed by atoms with Crippen LogP contribution in [-0.4, -0.2) is 38.1 Å². The highest BCUT2D eigenvalue weighted by molar-refractivity contribution is 7.10. The molecule has 2 N–H and O–H groups in total. The first-order valence-corrected chi connectivity index (χ1v) is 8.90. The zero-order valence-electron chi connectivity index (χ0n) is 13.4. The van der Waals surface area contributed by atoms with Gasteiger partial charge in [-0.2, -0.15) is 0 Å². The largest absolute Gasteiger partial charge is 0.507 e. The monoisotopic (exact) mass is 331 g/mol. The first kappa shape index (κ1) is 16.0. The molecule has 2 aromatic rings. The minimum atomic E-state index is 0.232. The number of nitrogens with zero attached hydrogens (tertiary/aromatic N) is 1. The number of likely N-dealkylation sites (tertiary alicyclic amines) is 1. The van der Waals surface area contributed by atoms with Crippen LogP contribution in [0.25, 0.3) is 0 Å². The molecule has 0 radical (unpaired) electrons. The molecule has 1 saturated heterocycles. The van der Waals surface area contributed by atoms with Crippen molar-refractivity contribution < 1.29 is 14.7 Å². The lowest BCUT2D eigenvalue weighted by Crippen LogP contribution is -3.10. The predicted octanol–water partition coefficient (Wildman–Crippen LogP) is 2.30. The van der Waals surface area contributed by atoms with Crippen LogP contribution in [0.15, 0.2) is 40.7 Å². The Bertz CT molecular complexity index is 649. The normalized spacial score (nSPS) is 16.9. The molecule has 5 heteroatoms. The molecule has 1 atom stereocenters. The molecule has 1 aromatic heterocycles. The van der Waals surface area contributed by atoms with Crippen molar-refractivity contribution in [3.63, 3.8) is 0 Å². The Morgan fingerprint density at radius 2 is 2.17 bits per heavy atom. The van der Waals surface area contributed by atoms with Gasteiger partial charge in [-0.15, -0.1) is 11.3 Å². The van der Waals surface area contributed by atoms with E-state index < -0.39 is 0 Å². The van der Waals surface area contributed by atoms with Crippen LogP contribution >= 0.6 is 11.3 Å². The Hall–Kier alpha value is -1.85. The number of quaternary nitrogens is 1. The summed E-state index contributed by atoms with van der Waals surface area (Å²) in [5, 5.41) is 12.1. The van der Waals surface area contributed by atoms with E-state index in [2.05, 4.69) is 22.5 Å². The molecule has 0 aliphatic carbocycles. The van der Waals surface area contributed by atoms with Gasteiger partial charge >= 0.3 is 0 Å². The lowest BCUT2D eigenvalue weighted by Gasteiger charge is -2.22. The summed E-state index contributed by atoms with van der Waals surface area (Å²) in [5.41, 5.74) is 0.700. The Morgan fingerprint density at radius 1 is 1.35 bits per heavy atom. The molecule has 23 heavy (non-hydrogen) atoms. The lowest BCUT2D eigenvalue weighted by molar-refractivity contribution is -0.917. The Kier molecular flexibility index (Phi) is 5.31. The Labute approximate surface area is 141 Å². The summed E-state index contributed by atoms with van der Waals surface area (Å²) in [6.07, 6.45) is 4.36. The average molecular weight is 331 g/mol. The Balaban J connectivity index is 1.73. The van der Waals surface area contributed by atoms with Gasteiger partial charge < -0.3 is 14.7 Å². The second-order valence-corrected chi connectivity index (χ2v) is 6.83. The molecule has 2 heterocycles. The second-order valence-electron chi connectivity index (χ2n) is 5.85. The van der Waals surface area contributed by atoms with Crippen LogP contribution in [0.3, 0.4) is 0 Å². The number of ether oxygens (including phenoxy) is 1. The zero-order chi connectivity index (χ0) is 16.1. The fraction of sp³-hybridized carbons (Fsp3) is 0.389. The van der Waals surface area contributed by atoms with Crippen LogP contribution in [0, 0.1) is 0 Å². The molecule has 0 amide bonds. The van der Waals surface area contributed by atoms with E-state index in [4.69, 9.17) is 4.74 Å². The number of hydrogen-bond donors (Lipinski definition) is 2. The number of thiophene rings is 1. The van der Waals surface area contributed by atoms with Crippen molar-refractivity contribution >= 4 is 17.6 Å². The molecule has 1 aliphatic rings. The molecule has 0 unspecified atom stereocenters. The van der Waals surface area contributed by atoms with Gasteiger partial charge in [-0.05, 0) is 29.6 Å². The van der Waals surface area contributed by atoms with Gasteiger partial charge in [0.2, 0.25) is 0 Å². The van der Waals surface area contributed by atoms with Crippen molar-refractivity contribution in [2.75, 3.05) is 26.7 Å². The first-order valence-electron chi connectivity index (χ1n) is 8.02. The summed E-state index contributed by atoms with van der Waals surface area (Å²) >= 11 is 1.81. The SMILES string of the molecule is COc1ccc(O)c(C=NC[C@H](c2cccs2)[NH+]2CCCC2)c1. The maximum Gasteiger partial charge on any atom is 0.142 e. The maximum atomic E-state index is 9.94. The van der Waals surface area contributed by atoms with Gasteiger partial charge in [-0.3, -0.25) is 4.99 Å². The van der Waals surface area contributed by atoms with Crippen LogP contribution in [0.1, 0.15) is 29.3 Å². The molecular weight excluding hydrogens is 308 g/mol. The molecule has 0 saturated carbocycles. The highest BCUT2D eigenvalue weighted by atomic mass is 32.1. The third-order valence-electron chi connectivity index (χ3n) is 4.38. The number of phenols is 1. The number of aliphatic imine (C=N–C) groups is 1. The second kappa shape index (κ2) is 7.62. The van der Waals surface area contributed by atoms with Gasteiger partial charge in [0.15, 0.2) is 0 Å². The first-order chi connectivity index (χ1) is 11.3. The highest BCUT2D eigenvalue weighted by Crippen LogP contribution is 2.22. The van der Waals surface area contributed by atoms with Gasteiger partial charge in [0.05, 0.1) is 31.6 Å². The van der Waals surface area contributed by atoms with E-state index in [0.717, 1.165) is 12.3 Å². The number of benzene rings is 1. The molecule has 0 bridgehead atoms. The molecule has 3 rings (SSSR count). The van der Waals surface area contributed by atoms with Crippen molar-refractivity contribution in [1.29, 1.82) is 0 Å². The van der Waals surface area contributed by atoms with Crippen LogP contribution in [-0.2, 0) is 0 Å². The van der Waals surface area contributed by atoms with Crippen LogP contribution in [0.2, 0.25) is 0 Å². The van der Waals surface area contributed by atoms with E-state index in [1.165, 1.54) is 30.8 Å². The minimum Gasteiger partial charge on any atom is -0.507 e. The summed E-state index contributed by atoms with van der Waals surface area (Å²) in [4.78, 5) is 7.65. The summed E-state index contributed by atoms with van der Waals surface area (Å²) in [6.45, 7) is 3.19. The van der Waals surface area contributed by atoms with E-state index in [1.807, 2.05) is 17.4 Å². The summed E-state index contributed by atoms with van der Waals surface area (Å²) in [6, 6.07) is 9.93. The number of phenolic OH excluding ortho intramolecular Hbond substituents is 1. The van der Waals surface area contributed by atoms with Crippen LogP contribution in [0.5, 0.6) is 11.5 Å². The Morgan fingerprint density at radius 3 is 2.87 bits per heavy atom. The molecule has 4 nitrogen and oxygen atoms in total. The van der Waals surface area contributed by atoms with Crippen molar-refractivity contribution in [1.82, 2.24) is 0 Å². The lowest BCUT2D eigenvalue weighted by atomic mass is 10.2. The minimum absolute atomic E-state index is 0.232. The van der Waals surface area contributed by atoms with Crippen molar-refractivity contribution in [2.24, 2.45) is 4.99 Å². The van der Waals surface area contributed by atoms with Gasteiger partial charge in [-0.1, -0.05) is 6.07 Å². The number of hydrogen-bond acceptors (Lipinski definition) is 4. The van der Waals surface area contributed by atoms with Gasteiger partial charge in [0.1, 0.15) is 17.5 Å². The van der Waals surface area contributed by atoms with Crippen LogP contribution < -0.4 is 9.64 Å². The van der Waals surface area contributed by atoms with Gasteiger partial charge in [0, 0.05) is 24.6 Å². The van der Waals surface area contributed by atoms with Crippen molar-refractivity contribution in [3.05, 3.63) is 46.2 Å². The van der Waals surface area contributed by atoms with E-state index in [-0.39, 0.29) is 5.75 Å². The van der Waals surface area contributed by atoms with Gasteiger partial charge in [-0.25, -0.2) is 0 Å². The standard InChI is InChI=1S/C18H22N2O2S/c1-22-15-6-7-17(21)14(11-15)12-19-13-16(18-5-4-10-23-18)20-8-2-3-9-20/h4-7,10-12,16,21H,2-3,8-9,13H2,1H3/p+1/t16-/m1/s1. The van der Waals surface area contributed by atoms with Crippen molar-refractivity contribution in [3.8, 4) is 11.5 Å². The number of rotatable bonds is 6. The smallest absolute Gasteiger partial charge is 0.142 e. The maximum absolute atomic E-state index is 9.94. The third kappa shape index (κ3) is 3.92. The van der Waals surface area contributed by atoms with Crippen molar-refractivity contribution in [2.45, 2.75) is 18.9 Å². The van der Waals surface area contributed by atoms with E-state index in [0.29, 0.717) is 11.6 Å². The fourth-order valence-corrected chi connectivity index (χ4v) is 3.98. The molecule has 1 fully saturated rings.